The molecule has 0 spiro atoms. The van der Waals surface area contributed by atoms with Crippen LogP contribution in [0.5, 0.6) is 0 Å². The van der Waals surface area contributed by atoms with E-state index in [0.29, 0.717) is 12.1 Å². The van der Waals surface area contributed by atoms with Gasteiger partial charge in [-0.3, -0.25) is 4.79 Å². The van der Waals surface area contributed by atoms with Gasteiger partial charge < -0.3 is 21.5 Å². The van der Waals surface area contributed by atoms with Crippen molar-refractivity contribution < 1.29 is 14.7 Å². The average molecular weight is 276 g/mol. The Labute approximate surface area is 115 Å². The molecule has 7 nitrogen and oxygen atoms in total. The molecule has 2 rings (SSSR count). The summed E-state index contributed by atoms with van der Waals surface area (Å²) in [5.41, 5.74) is 6.96. The highest BCUT2D eigenvalue weighted by Crippen LogP contribution is 2.06. The molecule has 106 valence electrons. The second-order valence-electron chi connectivity index (χ2n) is 4.49. The number of nitrogens with one attached hydrogen (secondary N) is 2. The van der Waals surface area contributed by atoms with Gasteiger partial charge in [0.25, 0.3) is 0 Å². The molecule has 2 amide bonds. The van der Waals surface area contributed by atoms with Gasteiger partial charge in [0, 0.05) is 12.1 Å². The molecule has 20 heavy (non-hydrogen) atoms. The highest BCUT2D eigenvalue weighted by Gasteiger charge is 2.23. The van der Waals surface area contributed by atoms with Crippen molar-refractivity contribution >= 4 is 17.8 Å². The van der Waals surface area contributed by atoms with Gasteiger partial charge in [0.1, 0.15) is 5.84 Å². The number of benzene rings is 1. The van der Waals surface area contributed by atoms with Crippen molar-refractivity contribution in [2.24, 2.45) is 10.7 Å². The van der Waals surface area contributed by atoms with Gasteiger partial charge >= 0.3 is 6.09 Å². The minimum Gasteiger partial charge on any atom is -0.463 e. The van der Waals surface area contributed by atoms with E-state index in [1.54, 1.807) is 24.3 Å². The summed E-state index contributed by atoms with van der Waals surface area (Å²) in [6, 6.07) is 6.81. The van der Waals surface area contributed by atoms with Crippen molar-refractivity contribution in [2.75, 3.05) is 6.54 Å². The summed E-state index contributed by atoms with van der Waals surface area (Å²) in [5, 5.41) is 14.4. The Morgan fingerprint density at radius 3 is 2.55 bits per heavy atom. The van der Waals surface area contributed by atoms with Crippen LogP contribution in [0.15, 0.2) is 29.3 Å². The molecule has 7 heteroatoms. The number of carbonyl (C=O) groups is 2. The van der Waals surface area contributed by atoms with Crippen LogP contribution in [0.2, 0.25) is 0 Å². The fraction of sp³-hybridized carbons (Fsp3) is 0.308. The zero-order chi connectivity index (χ0) is 14.5. The molecule has 1 saturated heterocycles. The van der Waals surface area contributed by atoms with E-state index in [1.165, 1.54) is 0 Å². The second kappa shape index (κ2) is 6.16. The summed E-state index contributed by atoms with van der Waals surface area (Å²) in [5.74, 6) is -0.0565. The van der Waals surface area contributed by atoms with Gasteiger partial charge in [0.2, 0.25) is 5.91 Å². The number of nitrogens with zero attached hydrogens (tertiary/aromatic N) is 1. The van der Waals surface area contributed by atoms with Gasteiger partial charge in [-0.15, -0.1) is 0 Å². The number of amides is 2. The number of carbonyl (C=O) groups excluding carboxylic acids is 1. The predicted molar refractivity (Wildman–Crippen MR) is 73.4 cm³/mol. The summed E-state index contributed by atoms with van der Waals surface area (Å²) in [4.78, 5) is 25.2. The first-order chi connectivity index (χ1) is 9.56. The zero-order valence-electron chi connectivity index (χ0n) is 10.8. The van der Waals surface area contributed by atoms with Crippen molar-refractivity contribution in [1.82, 2.24) is 10.6 Å². The van der Waals surface area contributed by atoms with Crippen LogP contribution in [0.1, 0.15) is 17.5 Å². The van der Waals surface area contributed by atoms with E-state index >= 15 is 0 Å². The maximum absolute atomic E-state index is 11.6. The van der Waals surface area contributed by atoms with Crippen LogP contribution in [0, 0.1) is 0 Å². The normalized spacial score (nSPS) is 18.2. The molecule has 5 N–H and O–H groups in total. The van der Waals surface area contributed by atoms with Crippen LogP contribution in [-0.2, 0) is 11.3 Å². The van der Waals surface area contributed by atoms with E-state index in [9.17, 15) is 9.59 Å². The molecule has 1 aromatic rings. The van der Waals surface area contributed by atoms with Gasteiger partial charge in [-0.2, -0.15) is 4.99 Å². The minimum absolute atomic E-state index is 0.00715. The molecular weight excluding hydrogens is 260 g/mol. The van der Waals surface area contributed by atoms with Crippen LogP contribution < -0.4 is 16.4 Å². The Morgan fingerprint density at radius 2 is 2.05 bits per heavy atom. The Morgan fingerprint density at radius 1 is 1.40 bits per heavy atom. The van der Waals surface area contributed by atoms with Crippen molar-refractivity contribution in [3.05, 3.63) is 35.4 Å². The molecule has 0 bridgehead atoms. The van der Waals surface area contributed by atoms with Crippen molar-refractivity contribution in [1.29, 1.82) is 0 Å². The van der Waals surface area contributed by atoms with E-state index in [1.807, 2.05) is 0 Å². The van der Waals surface area contributed by atoms with E-state index in [4.69, 9.17) is 10.8 Å². The lowest BCUT2D eigenvalue weighted by atomic mass is 10.1. The fourth-order valence-electron chi connectivity index (χ4n) is 1.79. The molecular formula is C13H16N4O3. The SMILES string of the molecule is NC(=NC(=O)O)c1ccc(CNC(=O)C2CCN2)cc1. The van der Waals surface area contributed by atoms with Gasteiger partial charge in [-0.25, -0.2) is 4.79 Å². The molecule has 1 heterocycles. The van der Waals surface area contributed by atoms with Crippen LogP contribution in [0.4, 0.5) is 4.79 Å². The Bertz CT molecular complexity index is 535. The topological polar surface area (TPSA) is 117 Å². The number of aliphatic imine (C=N–C) groups is 1. The summed E-state index contributed by atoms with van der Waals surface area (Å²) >= 11 is 0. The Hall–Kier alpha value is -2.41. The quantitative estimate of drug-likeness (QED) is 0.458. The lowest BCUT2D eigenvalue weighted by molar-refractivity contribution is -0.124. The standard InChI is InChI=1S/C13H16N4O3/c14-11(17-13(19)20)9-3-1-8(2-4-9)7-16-12(18)10-5-6-15-10/h1-4,10,15H,5-7H2,(H2,14,17)(H,16,18)(H,19,20). The van der Waals surface area contributed by atoms with Crippen LogP contribution in [-0.4, -0.2) is 35.5 Å². The van der Waals surface area contributed by atoms with E-state index in [-0.39, 0.29) is 17.8 Å². The number of nitrogens with two attached hydrogens (primary N) is 1. The number of amidine groups is 1. The molecule has 0 radical (unpaired) electrons. The first-order valence-electron chi connectivity index (χ1n) is 6.24. The zero-order valence-corrected chi connectivity index (χ0v) is 10.8. The summed E-state index contributed by atoms with van der Waals surface area (Å²) in [6.07, 6.45) is -0.459. The second-order valence-corrected chi connectivity index (χ2v) is 4.49. The summed E-state index contributed by atoms with van der Waals surface area (Å²) in [6.45, 7) is 1.31. The highest BCUT2D eigenvalue weighted by molar-refractivity contribution is 6.02. The minimum atomic E-state index is -1.33. The number of carboxylic acid groups (broad SMARTS) is 1. The molecule has 1 fully saturated rings. The van der Waals surface area contributed by atoms with Gasteiger partial charge in [-0.05, 0) is 18.5 Å². The van der Waals surface area contributed by atoms with E-state index in [0.717, 1.165) is 18.5 Å². The van der Waals surface area contributed by atoms with E-state index < -0.39 is 6.09 Å². The number of rotatable bonds is 4. The van der Waals surface area contributed by atoms with Crippen LogP contribution >= 0.6 is 0 Å². The third kappa shape index (κ3) is 3.55. The Balaban J connectivity index is 1.91. The van der Waals surface area contributed by atoms with Crippen molar-refractivity contribution in [3.63, 3.8) is 0 Å². The maximum Gasteiger partial charge on any atom is 0.433 e. The van der Waals surface area contributed by atoms with Gasteiger partial charge in [-0.1, -0.05) is 24.3 Å². The third-order valence-corrected chi connectivity index (χ3v) is 3.07. The molecule has 0 saturated carbocycles. The molecule has 1 atom stereocenters. The molecule has 1 aliphatic heterocycles. The first kappa shape index (κ1) is 14.0. The lowest BCUT2D eigenvalue weighted by Crippen LogP contribution is -2.52. The third-order valence-electron chi connectivity index (χ3n) is 3.07. The van der Waals surface area contributed by atoms with Crippen LogP contribution in [0.25, 0.3) is 0 Å². The molecule has 0 aromatic heterocycles. The number of hydrogen-bond donors (Lipinski definition) is 4. The van der Waals surface area contributed by atoms with Gasteiger partial charge in [0.05, 0.1) is 6.04 Å². The molecule has 0 aliphatic carbocycles. The molecule has 1 aromatic carbocycles. The first-order valence-corrected chi connectivity index (χ1v) is 6.24. The van der Waals surface area contributed by atoms with Gasteiger partial charge in [0.15, 0.2) is 0 Å². The Kier molecular flexibility index (Phi) is 4.31. The van der Waals surface area contributed by atoms with E-state index in [2.05, 4.69) is 15.6 Å². The maximum atomic E-state index is 11.6. The van der Waals surface area contributed by atoms with Crippen molar-refractivity contribution in [3.8, 4) is 0 Å². The van der Waals surface area contributed by atoms with Crippen LogP contribution in [0.3, 0.4) is 0 Å². The monoisotopic (exact) mass is 276 g/mol. The fourth-order valence-corrected chi connectivity index (χ4v) is 1.79. The molecule has 1 unspecified atom stereocenters. The lowest BCUT2D eigenvalue weighted by Gasteiger charge is -2.26. The summed E-state index contributed by atoms with van der Waals surface area (Å²) in [7, 11) is 0. The number of hydrogen-bond acceptors (Lipinski definition) is 3. The summed E-state index contributed by atoms with van der Waals surface area (Å²) < 4.78 is 0. The van der Waals surface area contributed by atoms with Crippen molar-refractivity contribution in [2.45, 2.75) is 19.0 Å². The highest BCUT2D eigenvalue weighted by atomic mass is 16.4. The smallest absolute Gasteiger partial charge is 0.433 e. The molecule has 1 aliphatic rings. The average Bonchev–Trinajstić information content (AvgIpc) is 2.34. The predicted octanol–water partition coefficient (Wildman–Crippen LogP) is 0.0480. The largest absolute Gasteiger partial charge is 0.463 e.